The highest BCUT2D eigenvalue weighted by atomic mass is 16.5. The lowest BCUT2D eigenvalue weighted by Crippen LogP contribution is -2.42. The van der Waals surface area contributed by atoms with Crippen LogP contribution in [-0.2, 0) is 6.54 Å². The van der Waals surface area contributed by atoms with Crippen LogP contribution in [0.1, 0.15) is 23.0 Å². The minimum Gasteiger partial charge on any atom is -0.618 e. The largest absolute Gasteiger partial charge is 0.618 e. The number of aromatic nitrogens is 1. The third-order valence-corrected chi connectivity index (χ3v) is 3.20. The fraction of sp³-hybridized carbons (Fsp3) is 0.214. The topological polar surface area (TPSA) is 51.0 Å². The molecule has 0 radical (unpaired) electrons. The van der Waals surface area contributed by atoms with Gasteiger partial charge in [-0.05, 0) is 24.6 Å². The molecule has 3 rings (SSSR count). The molecule has 4 heteroatoms. The van der Waals surface area contributed by atoms with E-state index in [0.717, 1.165) is 22.5 Å². The molecule has 2 heterocycles. The lowest BCUT2D eigenvalue weighted by Gasteiger charge is -2.27. The molecule has 0 bridgehead atoms. The zero-order valence-electron chi connectivity index (χ0n) is 10.2. The predicted molar refractivity (Wildman–Crippen MR) is 69.8 cm³/mol. The number of nitrogens with one attached hydrogen (secondary N) is 2. The third-order valence-electron chi connectivity index (χ3n) is 3.20. The van der Waals surface area contributed by atoms with E-state index in [1.165, 1.54) is 5.56 Å². The number of anilines is 1. The van der Waals surface area contributed by atoms with Gasteiger partial charge in [0, 0.05) is 23.9 Å². The normalized spacial score (nSPS) is 17.9. The van der Waals surface area contributed by atoms with E-state index in [9.17, 15) is 5.21 Å². The molecule has 0 saturated carbocycles. The van der Waals surface area contributed by atoms with Gasteiger partial charge in [0.25, 0.3) is 0 Å². The van der Waals surface area contributed by atoms with E-state index in [2.05, 4.69) is 16.7 Å². The smallest absolute Gasteiger partial charge is 0.230 e. The van der Waals surface area contributed by atoms with Crippen LogP contribution in [0.3, 0.4) is 0 Å². The zero-order chi connectivity index (χ0) is 12.5. The second-order valence-corrected chi connectivity index (χ2v) is 4.57. The third kappa shape index (κ3) is 1.91. The summed E-state index contributed by atoms with van der Waals surface area (Å²) < 4.78 is 0.925. The molecule has 1 atom stereocenters. The SMILES string of the molecule is Cc1ccc(C2NCc3ccccc3N2)[n+]([O-])c1. The summed E-state index contributed by atoms with van der Waals surface area (Å²) in [5.41, 5.74) is 3.96. The number of aryl methyl sites for hydroxylation is 1. The van der Waals surface area contributed by atoms with Gasteiger partial charge >= 0.3 is 0 Å². The summed E-state index contributed by atoms with van der Waals surface area (Å²) in [7, 11) is 0. The van der Waals surface area contributed by atoms with Gasteiger partial charge in [-0.15, -0.1) is 0 Å². The average Bonchev–Trinajstić information content (AvgIpc) is 2.38. The lowest BCUT2D eigenvalue weighted by atomic mass is 10.1. The zero-order valence-corrected chi connectivity index (χ0v) is 10.2. The summed E-state index contributed by atoms with van der Waals surface area (Å²) in [6.45, 7) is 2.68. The van der Waals surface area contributed by atoms with Gasteiger partial charge in [-0.25, -0.2) is 0 Å². The molecule has 4 nitrogen and oxygen atoms in total. The van der Waals surface area contributed by atoms with E-state index < -0.39 is 0 Å². The molecule has 18 heavy (non-hydrogen) atoms. The summed E-state index contributed by atoms with van der Waals surface area (Å²) in [6, 6.07) is 11.9. The van der Waals surface area contributed by atoms with Crippen LogP contribution in [0.4, 0.5) is 5.69 Å². The highest BCUT2D eigenvalue weighted by Crippen LogP contribution is 2.24. The van der Waals surface area contributed by atoms with Crippen LogP contribution in [-0.4, -0.2) is 0 Å². The molecule has 2 N–H and O–H groups in total. The van der Waals surface area contributed by atoms with Crippen LogP contribution in [0.15, 0.2) is 42.6 Å². The summed E-state index contributed by atoms with van der Waals surface area (Å²) in [5.74, 6) is 0. The number of hydrogen-bond acceptors (Lipinski definition) is 3. The van der Waals surface area contributed by atoms with Gasteiger partial charge in [0.1, 0.15) is 0 Å². The lowest BCUT2D eigenvalue weighted by molar-refractivity contribution is -0.616. The maximum absolute atomic E-state index is 11.9. The summed E-state index contributed by atoms with van der Waals surface area (Å²) in [5, 5.41) is 18.5. The van der Waals surface area contributed by atoms with Crippen LogP contribution < -0.4 is 15.4 Å². The number of para-hydroxylation sites is 1. The van der Waals surface area contributed by atoms with Gasteiger partial charge < -0.3 is 10.5 Å². The Morgan fingerprint density at radius 2 is 2.06 bits per heavy atom. The van der Waals surface area contributed by atoms with Crippen LogP contribution in [0.25, 0.3) is 0 Å². The van der Waals surface area contributed by atoms with Crippen LogP contribution in [0.5, 0.6) is 0 Å². The monoisotopic (exact) mass is 241 g/mol. The maximum Gasteiger partial charge on any atom is 0.230 e. The summed E-state index contributed by atoms with van der Waals surface area (Å²) in [6.07, 6.45) is 1.46. The fourth-order valence-corrected chi connectivity index (χ4v) is 2.23. The van der Waals surface area contributed by atoms with E-state index in [0.29, 0.717) is 5.69 Å². The molecular weight excluding hydrogens is 226 g/mol. The summed E-state index contributed by atoms with van der Waals surface area (Å²) in [4.78, 5) is 0. The van der Waals surface area contributed by atoms with Crippen molar-refractivity contribution in [2.45, 2.75) is 19.6 Å². The first-order valence-electron chi connectivity index (χ1n) is 6.01. The van der Waals surface area contributed by atoms with E-state index in [-0.39, 0.29) is 6.17 Å². The Balaban J connectivity index is 1.92. The van der Waals surface area contributed by atoms with Crippen molar-refractivity contribution in [3.05, 3.63) is 64.6 Å². The maximum atomic E-state index is 11.9. The van der Waals surface area contributed by atoms with Crippen molar-refractivity contribution >= 4 is 5.69 Å². The van der Waals surface area contributed by atoms with Gasteiger partial charge in [-0.1, -0.05) is 18.2 Å². The Morgan fingerprint density at radius 1 is 1.22 bits per heavy atom. The van der Waals surface area contributed by atoms with Gasteiger partial charge in [0.15, 0.2) is 12.4 Å². The van der Waals surface area contributed by atoms with Crippen molar-refractivity contribution in [3.63, 3.8) is 0 Å². The van der Waals surface area contributed by atoms with Crippen LogP contribution >= 0.6 is 0 Å². The van der Waals surface area contributed by atoms with E-state index >= 15 is 0 Å². The molecule has 1 aromatic carbocycles. The minimum atomic E-state index is -0.141. The molecule has 0 fully saturated rings. The molecule has 2 aromatic rings. The van der Waals surface area contributed by atoms with Gasteiger partial charge in [-0.3, -0.25) is 5.32 Å². The van der Waals surface area contributed by atoms with Crippen LogP contribution in [0.2, 0.25) is 0 Å². The van der Waals surface area contributed by atoms with Gasteiger partial charge in [0.2, 0.25) is 5.69 Å². The standard InChI is InChI=1S/C14H15N3O/c1-10-6-7-13(17(18)9-10)14-15-8-11-4-2-3-5-12(11)16-14/h2-7,9,14-16H,8H2,1H3. The van der Waals surface area contributed by atoms with Crippen molar-refractivity contribution in [1.29, 1.82) is 0 Å². The quantitative estimate of drug-likeness (QED) is 0.591. The average molecular weight is 241 g/mol. The number of fused-ring (bicyclic) bond motifs is 1. The van der Waals surface area contributed by atoms with E-state index in [1.807, 2.05) is 37.3 Å². The molecule has 1 unspecified atom stereocenters. The minimum absolute atomic E-state index is 0.141. The van der Waals surface area contributed by atoms with Crippen LogP contribution in [0, 0.1) is 12.1 Å². The molecule has 1 aliphatic heterocycles. The molecule has 1 aromatic heterocycles. The number of rotatable bonds is 1. The molecule has 0 spiro atoms. The van der Waals surface area contributed by atoms with Crippen molar-refractivity contribution in [1.82, 2.24) is 5.32 Å². The first-order valence-corrected chi connectivity index (χ1v) is 6.01. The Hall–Kier alpha value is -2.07. The Morgan fingerprint density at radius 3 is 2.89 bits per heavy atom. The van der Waals surface area contributed by atoms with E-state index in [4.69, 9.17) is 0 Å². The van der Waals surface area contributed by atoms with Gasteiger partial charge in [0.05, 0.1) is 0 Å². The Kier molecular flexibility index (Phi) is 2.64. The fourth-order valence-electron chi connectivity index (χ4n) is 2.23. The number of benzene rings is 1. The molecular formula is C14H15N3O. The molecule has 92 valence electrons. The van der Waals surface area contributed by atoms with Gasteiger partial charge in [-0.2, -0.15) is 4.73 Å². The highest BCUT2D eigenvalue weighted by molar-refractivity contribution is 5.53. The first-order chi connectivity index (χ1) is 8.74. The second kappa shape index (κ2) is 4.31. The van der Waals surface area contributed by atoms with Crippen molar-refractivity contribution in [2.24, 2.45) is 0 Å². The number of pyridine rings is 1. The summed E-state index contributed by atoms with van der Waals surface area (Å²) >= 11 is 0. The van der Waals surface area contributed by atoms with Crippen molar-refractivity contribution in [2.75, 3.05) is 5.32 Å². The molecule has 0 saturated heterocycles. The number of hydrogen-bond donors (Lipinski definition) is 2. The van der Waals surface area contributed by atoms with Crippen molar-refractivity contribution < 1.29 is 4.73 Å². The second-order valence-electron chi connectivity index (χ2n) is 4.57. The highest BCUT2D eigenvalue weighted by Gasteiger charge is 2.23. The molecule has 0 amide bonds. The first kappa shape index (κ1) is 11.0. The predicted octanol–water partition coefficient (Wildman–Crippen LogP) is 1.84. The van der Waals surface area contributed by atoms with E-state index in [1.54, 1.807) is 6.20 Å². The molecule has 1 aliphatic rings. The van der Waals surface area contributed by atoms with Crippen molar-refractivity contribution in [3.8, 4) is 0 Å². The molecule has 0 aliphatic carbocycles. The Bertz CT molecular complexity index is 583. The number of nitrogens with zero attached hydrogens (tertiary/aromatic N) is 1. The Labute approximate surface area is 106 Å².